The van der Waals surface area contributed by atoms with Crippen LogP contribution < -0.4 is 5.73 Å². The highest BCUT2D eigenvalue weighted by atomic mass is 35.5. The third-order valence-corrected chi connectivity index (χ3v) is 2.63. The van der Waals surface area contributed by atoms with Crippen molar-refractivity contribution >= 4 is 12.4 Å². The van der Waals surface area contributed by atoms with E-state index in [0.29, 0.717) is 18.9 Å². The number of hydrogen-bond acceptors (Lipinski definition) is 2. The molecular weight excluding hydrogens is 286 g/mol. The highest BCUT2D eigenvalue weighted by Crippen LogP contribution is 2.32. The van der Waals surface area contributed by atoms with E-state index >= 15 is 0 Å². The highest BCUT2D eigenvalue weighted by Gasteiger charge is 2.32. The zero-order valence-corrected chi connectivity index (χ0v) is 11.1. The molecule has 1 rings (SSSR count). The molecule has 1 aromatic rings. The van der Waals surface area contributed by atoms with Gasteiger partial charge < -0.3 is 10.8 Å². The smallest absolute Gasteiger partial charge is 0.391 e. The van der Waals surface area contributed by atoms with Crippen molar-refractivity contribution in [2.75, 3.05) is 0 Å². The van der Waals surface area contributed by atoms with Crippen LogP contribution in [0.2, 0.25) is 0 Å². The van der Waals surface area contributed by atoms with Gasteiger partial charge in [-0.1, -0.05) is 13.3 Å². The SMILES string of the molecule is CCC[C@@H](O)[C@@H](N)c1cc(F)cc(C(F)(F)F)c1.Cl. The maximum Gasteiger partial charge on any atom is 0.416 e. The topological polar surface area (TPSA) is 46.2 Å². The predicted molar refractivity (Wildman–Crippen MR) is 66.5 cm³/mol. The van der Waals surface area contributed by atoms with E-state index in [2.05, 4.69) is 0 Å². The van der Waals surface area contributed by atoms with Crippen LogP contribution in [-0.4, -0.2) is 11.2 Å². The molecule has 0 saturated heterocycles. The molecule has 2 nitrogen and oxygen atoms in total. The molecule has 0 bridgehead atoms. The molecule has 7 heteroatoms. The molecule has 0 heterocycles. The number of halogens is 5. The van der Waals surface area contributed by atoms with E-state index in [9.17, 15) is 22.7 Å². The summed E-state index contributed by atoms with van der Waals surface area (Å²) in [4.78, 5) is 0. The van der Waals surface area contributed by atoms with Crippen LogP contribution in [0.5, 0.6) is 0 Å². The Morgan fingerprint density at radius 2 is 1.84 bits per heavy atom. The maximum absolute atomic E-state index is 13.1. The molecular formula is C12H16ClF4NO. The summed E-state index contributed by atoms with van der Waals surface area (Å²) in [6.07, 6.45) is -4.64. The van der Waals surface area contributed by atoms with Crippen molar-refractivity contribution in [1.82, 2.24) is 0 Å². The largest absolute Gasteiger partial charge is 0.416 e. The molecule has 0 amide bonds. The molecule has 2 atom stereocenters. The lowest BCUT2D eigenvalue weighted by Crippen LogP contribution is -2.26. The minimum absolute atomic E-state index is 0. The van der Waals surface area contributed by atoms with Crippen LogP contribution in [0.15, 0.2) is 18.2 Å². The first-order valence-electron chi connectivity index (χ1n) is 5.57. The van der Waals surface area contributed by atoms with Gasteiger partial charge >= 0.3 is 6.18 Å². The molecule has 0 aromatic heterocycles. The quantitative estimate of drug-likeness (QED) is 0.837. The molecule has 0 aliphatic heterocycles. The van der Waals surface area contributed by atoms with E-state index in [1.165, 1.54) is 0 Å². The minimum Gasteiger partial charge on any atom is -0.391 e. The Morgan fingerprint density at radius 1 is 1.26 bits per heavy atom. The van der Waals surface area contributed by atoms with Crippen molar-refractivity contribution < 1.29 is 22.7 Å². The van der Waals surface area contributed by atoms with E-state index in [1.54, 1.807) is 0 Å². The molecule has 0 fully saturated rings. The monoisotopic (exact) mass is 301 g/mol. The maximum atomic E-state index is 13.1. The van der Waals surface area contributed by atoms with Crippen LogP contribution in [-0.2, 0) is 6.18 Å². The first-order chi connectivity index (χ1) is 8.25. The number of rotatable bonds is 4. The molecule has 0 aliphatic carbocycles. The fourth-order valence-corrected chi connectivity index (χ4v) is 1.67. The fraction of sp³-hybridized carbons (Fsp3) is 0.500. The summed E-state index contributed by atoms with van der Waals surface area (Å²) >= 11 is 0. The van der Waals surface area contributed by atoms with Crippen molar-refractivity contribution in [3.05, 3.63) is 35.1 Å². The molecule has 0 aliphatic rings. The lowest BCUT2D eigenvalue weighted by molar-refractivity contribution is -0.137. The summed E-state index contributed by atoms with van der Waals surface area (Å²) in [6.45, 7) is 1.81. The zero-order chi connectivity index (χ0) is 13.9. The molecule has 0 spiro atoms. The molecule has 3 N–H and O–H groups in total. The van der Waals surface area contributed by atoms with Crippen molar-refractivity contribution in [1.29, 1.82) is 0 Å². The number of benzene rings is 1. The second kappa shape index (κ2) is 7.07. The number of hydrogen-bond donors (Lipinski definition) is 2. The molecule has 110 valence electrons. The lowest BCUT2D eigenvalue weighted by atomic mass is 9.97. The summed E-state index contributed by atoms with van der Waals surface area (Å²) in [5.74, 6) is -1.01. The third kappa shape index (κ3) is 4.97. The molecule has 1 aromatic carbocycles. The van der Waals surface area contributed by atoms with Gasteiger partial charge in [-0.25, -0.2) is 4.39 Å². The standard InChI is InChI=1S/C12H15F4NO.ClH/c1-2-3-10(18)11(17)7-4-8(12(14,15)16)6-9(13)5-7;/h4-6,10-11,18H,2-3,17H2,1H3;1H/t10-,11+;/m1./s1. The molecule has 0 unspecified atom stereocenters. The van der Waals surface area contributed by atoms with Gasteiger partial charge in [-0.2, -0.15) is 13.2 Å². The van der Waals surface area contributed by atoms with Crippen LogP contribution >= 0.6 is 12.4 Å². The van der Waals surface area contributed by atoms with Gasteiger partial charge in [-0.05, 0) is 30.2 Å². The Hall–Kier alpha value is -0.850. The second-order valence-corrected chi connectivity index (χ2v) is 4.15. The van der Waals surface area contributed by atoms with Gasteiger partial charge in [0.05, 0.1) is 17.7 Å². The van der Waals surface area contributed by atoms with Gasteiger partial charge in [-0.15, -0.1) is 12.4 Å². The van der Waals surface area contributed by atoms with Crippen molar-refractivity contribution in [3.8, 4) is 0 Å². The Labute approximate surface area is 115 Å². The molecule has 0 radical (unpaired) electrons. The van der Waals surface area contributed by atoms with Crippen LogP contribution in [0.25, 0.3) is 0 Å². The highest BCUT2D eigenvalue weighted by molar-refractivity contribution is 5.85. The van der Waals surface area contributed by atoms with Crippen molar-refractivity contribution in [2.24, 2.45) is 5.73 Å². The summed E-state index contributed by atoms with van der Waals surface area (Å²) in [5.41, 5.74) is 4.47. The number of aliphatic hydroxyl groups is 1. The average Bonchev–Trinajstić information content (AvgIpc) is 2.26. The van der Waals surface area contributed by atoms with E-state index in [4.69, 9.17) is 5.73 Å². The van der Waals surface area contributed by atoms with Crippen LogP contribution in [0.3, 0.4) is 0 Å². The summed E-state index contributed by atoms with van der Waals surface area (Å²) < 4.78 is 50.6. The van der Waals surface area contributed by atoms with Gasteiger partial charge in [0.1, 0.15) is 5.82 Å². The van der Waals surface area contributed by atoms with Gasteiger partial charge in [0.25, 0.3) is 0 Å². The first-order valence-corrected chi connectivity index (χ1v) is 5.57. The zero-order valence-electron chi connectivity index (χ0n) is 10.2. The number of alkyl halides is 3. The minimum atomic E-state index is -4.63. The summed E-state index contributed by atoms with van der Waals surface area (Å²) in [7, 11) is 0. The first kappa shape index (κ1) is 18.1. The van der Waals surface area contributed by atoms with E-state index in [-0.39, 0.29) is 18.0 Å². The third-order valence-electron chi connectivity index (χ3n) is 2.63. The fourth-order valence-electron chi connectivity index (χ4n) is 1.67. The average molecular weight is 302 g/mol. The Kier molecular flexibility index (Phi) is 6.76. The van der Waals surface area contributed by atoms with Gasteiger partial charge in [-0.3, -0.25) is 0 Å². The predicted octanol–water partition coefficient (Wildman–Crippen LogP) is 3.43. The Morgan fingerprint density at radius 3 is 2.32 bits per heavy atom. The Bertz CT molecular complexity index is 411. The summed E-state index contributed by atoms with van der Waals surface area (Å²) in [5, 5.41) is 9.63. The van der Waals surface area contributed by atoms with E-state index in [1.807, 2.05) is 6.92 Å². The van der Waals surface area contributed by atoms with E-state index < -0.39 is 29.7 Å². The van der Waals surface area contributed by atoms with E-state index in [0.717, 1.165) is 12.1 Å². The lowest BCUT2D eigenvalue weighted by Gasteiger charge is -2.20. The van der Waals surface area contributed by atoms with Crippen LogP contribution in [0, 0.1) is 5.82 Å². The normalized spacial score (nSPS) is 14.7. The molecule has 19 heavy (non-hydrogen) atoms. The van der Waals surface area contributed by atoms with Gasteiger partial charge in [0.2, 0.25) is 0 Å². The summed E-state index contributed by atoms with van der Waals surface area (Å²) in [6, 6.07) is 1.06. The molecule has 0 saturated carbocycles. The van der Waals surface area contributed by atoms with Crippen LogP contribution in [0.4, 0.5) is 17.6 Å². The van der Waals surface area contributed by atoms with Crippen molar-refractivity contribution in [2.45, 2.75) is 38.1 Å². The number of aliphatic hydroxyl groups excluding tert-OH is 1. The van der Waals surface area contributed by atoms with Gasteiger partial charge in [0, 0.05) is 0 Å². The second-order valence-electron chi connectivity index (χ2n) is 4.15. The number of nitrogens with two attached hydrogens (primary N) is 1. The van der Waals surface area contributed by atoms with Crippen molar-refractivity contribution in [3.63, 3.8) is 0 Å². The van der Waals surface area contributed by atoms with Crippen LogP contribution in [0.1, 0.15) is 36.9 Å². The Balaban J connectivity index is 0.00000324. The van der Waals surface area contributed by atoms with Gasteiger partial charge in [0.15, 0.2) is 0 Å².